The standard InChI is InChI=1S/C19H21ClN4O/c1-12-17(18(20)23(2)22-12)19(25)24-9-7-13(8-10-24)15-11-21-16-6-4-3-5-14(15)16/h3-6,11,13,21H,7-10H2,1-2H3. The van der Waals surface area contributed by atoms with Crippen LogP contribution in [0.5, 0.6) is 0 Å². The number of hydrogen-bond donors (Lipinski definition) is 1. The number of piperidine rings is 1. The fraction of sp³-hybridized carbons (Fsp3) is 0.368. The van der Waals surface area contributed by atoms with Crippen LogP contribution in [0.4, 0.5) is 0 Å². The van der Waals surface area contributed by atoms with Crippen molar-refractivity contribution in [1.82, 2.24) is 19.7 Å². The molecule has 1 amide bonds. The molecule has 4 rings (SSSR count). The van der Waals surface area contributed by atoms with E-state index in [0.717, 1.165) is 25.9 Å². The maximum atomic E-state index is 12.8. The third kappa shape index (κ3) is 2.72. The second-order valence-corrected chi connectivity index (χ2v) is 7.09. The van der Waals surface area contributed by atoms with Gasteiger partial charge in [-0.05, 0) is 37.3 Å². The van der Waals surface area contributed by atoms with Crippen LogP contribution < -0.4 is 0 Å². The Balaban J connectivity index is 1.51. The number of aryl methyl sites for hydroxylation is 2. The summed E-state index contributed by atoms with van der Waals surface area (Å²) >= 11 is 6.25. The summed E-state index contributed by atoms with van der Waals surface area (Å²) in [5.74, 6) is 0.471. The molecule has 1 aliphatic rings. The number of carbonyl (C=O) groups excluding carboxylic acids is 1. The lowest BCUT2D eigenvalue weighted by molar-refractivity contribution is 0.0712. The second kappa shape index (κ2) is 6.23. The van der Waals surface area contributed by atoms with Gasteiger partial charge < -0.3 is 9.88 Å². The van der Waals surface area contributed by atoms with Gasteiger partial charge in [-0.3, -0.25) is 9.48 Å². The Bertz CT molecular complexity index is 934. The number of carbonyl (C=O) groups is 1. The summed E-state index contributed by atoms with van der Waals surface area (Å²) in [6.45, 7) is 3.32. The van der Waals surface area contributed by atoms with Gasteiger partial charge >= 0.3 is 0 Å². The van der Waals surface area contributed by atoms with E-state index in [2.05, 4.69) is 34.5 Å². The zero-order chi connectivity index (χ0) is 17.6. The Labute approximate surface area is 151 Å². The number of hydrogen-bond acceptors (Lipinski definition) is 2. The van der Waals surface area contributed by atoms with Crippen LogP contribution in [0.3, 0.4) is 0 Å². The number of amides is 1. The maximum Gasteiger partial charge on any atom is 0.258 e. The van der Waals surface area contributed by atoms with Crippen molar-refractivity contribution in [2.75, 3.05) is 13.1 Å². The summed E-state index contributed by atoms with van der Waals surface area (Å²) in [6, 6.07) is 8.39. The molecule has 0 spiro atoms. The van der Waals surface area contributed by atoms with Gasteiger partial charge in [0, 0.05) is 37.2 Å². The van der Waals surface area contributed by atoms with Crippen LogP contribution in [-0.4, -0.2) is 38.7 Å². The molecule has 6 heteroatoms. The normalized spacial score (nSPS) is 15.9. The zero-order valence-electron chi connectivity index (χ0n) is 14.4. The number of rotatable bonds is 2. The molecular weight excluding hydrogens is 336 g/mol. The third-order valence-corrected chi connectivity index (χ3v) is 5.64. The van der Waals surface area contributed by atoms with Crippen molar-refractivity contribution in [2.24, 2.45) is 7.05 Å². The second-order valence-electron chi connectivity index (χ2n) is 6.73. The molecule has 1 aliphatic heterocycles. The number of aromatic amines is 1. The Hall–Kier alpha value is -2.27. The van der Waals surface area contributed by atoms with Crippen LogP contribution in [0.15, 0.2) is 30.5 Å². The van der Waals surface area contributed by atoms with Crippen molar-refractivity contribution >= 4 is 28.4 Å². The molecule has 1 fully saturated rings. The first-order chi connectivity index (χ1) is 12.1. The first kappa shape index (κ1) is 16.2. The van der Waals surface area contributed by atoms with Gasteiger partial charge in [0.15, 0.2) is 0 Å². The summed E-state index contributed by atoms with van der Waals surface area (Å²) in [6.07, 6.45) is 4.05. The predicted octanol–water partition coefficient (Wildman–Crippen LogP) is 3.88. The average molecular weight is 357 g/mol. The van der Waals surface area contributed by atoms with Crippen LogP contribution >= 0.6 is 11.6 Å². The van der Waals surface area contributed by atoms with Gasteiger partial charge in [0.25, 0.3) is 5.91 Å². The Kier molecular flexibility index (Phi) is 4.04. The highest BCUT2D eigenvalue weighted by Crippen LogP contribution is 2.34. The van der Waals surface area contributed by atoms with Crippen LogP contribution in [0.1, 0.15) is 40.4 Å². The van der Waals surface area contributed by atoms with Crippen molar-refractivity contribution in [1.29, 1.82) is 0 Å². The number of H-pyrrole nitrogens is 1. The first-order valence-corrected chi connectivity index (χ1v) is 8.98. The van der Waals surface area contributed by atoms with Gasteiger partial charge in [-0.25, -0.2) is 0 Å². The summed E-state index contributed by atoms with van der Waals surface area (Å²) in [5.41, 5.74) is 3.76. The zero-order valence-corrected chi connectivity index (χ0v) is 15.2. The van der Waals surface area contributed by atoms with E-state index < -0.39 is 0 Å². The molecule has 1 N–H and O–H groups in total. The molecule has 0 unspecified atom stereocenters. The number of fused-ring (bicyclic) bond motifs is 1. The number of halogens is 1. The Morgan fingerprint density at radius 3 is 2.68 bits per heavy atom. The van der Waals surface area contributed by atoms with Crippen LogP contribution in [0, 0.1) is 6.92 Å². The van der Waals surface area contributed by atoms with Crippen molar-refractivity contribution in [2.45, 2.75) is 25.7 Å². The lowest BCUT2D eigenvalue weighted by Gasteiger charge is -2.32. The van der Waals surface area contributed by atoms with E-state index in [-0.39, 0.29) is 5.91 Å². The lowest BCUT2D eigenvalue weighted by Crippen LogP contribution is -2.38. The van der Waals surface area contributed by atoms with Gasteiger partial charge in [0.2, 0.25) is 0 Å². The van der Waals surface area contributed by atoms with Crippen LogP contribution in [0.25, 0.3) is 10.9 Å². The predicted molar refractivity (Wildman–Crippen MR) is 99.1 cm³/mol. The number of nitrogens with one attached hydrogen (secondary N) is 1. The molecule has 25 heavy (non-hydrogen) atoms. The van der Waals surface area contributed by atoms with Gasteiger partial charge in [0.1, 0.15) is 5.15 Å². The quantitative estimate of drug-likeness (QED) is 0.757. The lowest BCUT2D eigenvalue weighted by atomic mass is 9.89. The highest BCUT2D eigenvalue weighted by Gasteiger charge is 2.29. The topological polar surface area (TPSA) is 53.9 Å². The van der Waals surface area contributed by atoms with E-state index in [4.69, 9.17) is 11.6 Å². The minimum absolute atomic E-state index is 0.00650. The molecule has 3 heterocycles. The molecule has 1 saturated heterocycles. The number of nitrogens with zero attached hydrogens (tertiary/aromatic N) is 3. The number of benzene rings is 1. The monoisotopic (exact) mass is 356 g/mol. The Morgan fingerprint density at radius 1 is 1.28 bits per heavy atom. The van der Waals surface area contributed by atoms with E-state index in [9.17, 15) is 4.79 Å². The van der Waals surface area contributed by atoms with E-state index in [1.54, 1.807) is 11.7 Å². The average Bonchev–Trinajstić information content (AvgIpc) is 3.16. The molecular formula is C19H21ClN4O. The van der Waals surface area contributed by atoms with Gasteiger partial charge in [-0.2, -0.15) is 5.10 Å². The largest absolute Gasteiger partial charge is 0.361 e. The van der Waals surface area contributed by atoms with Gasteiger partial charge in [-0.15, -0.1) is 0 Å². The molecule has 0 bridgehead atoms. The number of likely N-dealkylation sites (tertiary alicyclic amines) is 1. The smallest absolute Gasteiger partial charge is 0.258 e. The minimum Gasteiger partial charge on any atom is -0.361 e. The van der Waals surface area contributed by atoms with Crippen molar-refractivity contribution in [3.63, 3.8) is 0 Å². The van der Waals surface area contributed by atoms with Crippen LogP contribution in [-0.2, 0) is 7.05 Å². The SMILES string of the molecule is Cc1nn(C)c(Cl)c1C(=O)N1CCC(c2c[nH]c3ccccc23)CC1. The van der Waals surface area contributed by atoms with Gasteiger partial charge in [-0.1, -0.05) is 29.8 Å². The molecule has 0 saturated carbocycles. The van der Waals surface area contributed by atoms with Crippen molar-refractivity contribution < 1.29 is 4.79 Å². The molecule has 0 atom stereocenters. The fourth-order valence-corrected chi connectivity index (χ4v) is 4.11. The first-order valence-electron chi connectivity index (χ1n) is 8.60. The fourth-order valence-electron chi connectivity index (χ4n) is 3.86. The Morgan fingerprint density at radius 2 is 2.00 bits per heavy atom. The molecule has 0 radical (unpaired) electrons. The van der Waals surface area contributed by atoms with E-state index in [0.29, 0.717) is 22.3 Å². The van der Waals surface area contributed by atoms with E-state index in [1.165, 1.54) is 16.5 Å². The molecule has 0 aliphatic carbocycles. The summed E-state index contributed by atoms with van der Waals surface area (Å²) in [5, 5.41) is 5.96. The molecule has 3 aromatic rings. The van der Waals surface area contributed by atoms with E-state index >= 15 is 0 Å². The van der Waals surface area contributed by atoms with E-state index in [1.807, 2.05) is 17.9 Å². The highest BCUT2D eigenvalue weighted by molar-refractivity contribution is 6.33. The molecule has 130 valence electrons. The van der Waals surface area contributed by atoms with Crippen LogP contribution in [0.2, 0.25) is 5.15 Å². The third-order valence-electron chi connectivity index (χ3n) is 5.21. The maximum absolute atomic E-state index is 12.8. The van der Waals surface area contributed by atoms with Gasteiger partial charge in [0.05, 0.1) is 11.3 Å². The molecule has 2 aromatic heterocycles. The summed E-state index contributed by atoms with van der Waals surface area (Å²) < 4.78 is 1.56. The summed E-state index contributed by atoms with van der Waals surface area (Å²) in [7, 11) is 1.76. The molecule has 1 aromatic carbocycles. The minimum atomic E-state index is -0.00650. The van der Waals surface area contributed by atoms with Crippen molar-refractivity contribution in [3.05, 3.63) is 52.4 Å². The summed E-state index contributed by atoms with van der Waals surface area (Å²) in [4.78, 5) is 18.1. The number of aromatic nitrogens is 3. The van der Waals surface area contributed by atoms with Crippen molar-refractivity contribution in [3.8, 4) is 0 Å². The molecule has 5 nitrogen and oxygen atoms in total. The highest BCUT2D eigenvalue weighted by atomic mass is 35.5. The number of para-hydroxylation sites is 1.